The average molecular weight is 266 g/mol. The van der Waals surface area contributed by atoms with Gasteiger partial charge in [0.15, 0.2) is 5.82 Å². The third-order valence-corrected chi connectivity index (χ3v) is 3.32. The predicted molar refractivity (Wildman–Crippen MR) is 70.5 cm³/mol. The lowest BCUT2D eigenvalue weighted by molar-refractivity contribution is 0.355. The number of rotatable bonds is 5. The SMILES string of the molecule is Cc1nc(Cc2noc(CCC(C)(C)N)n2)cs1. The normalized spacial score (nSPS) is 12.0. The molecule has 0 aromatic carbocycles. The molecule has 0 saturated carbocycles. The van der Waals surface area contributed by atoms with Gasteiger partial charge in [0.25, 0.3) is 0 Å². The summed E-state index contributed by atoms with van der Waals surface area (Å²) in [5.41, 5.74) is 6.70. The molecule has 2 aromatic heterocycles. The molecule has 0 aliphatic heterocycles. The molecular formula is C12H18N4OS. The molecule has 0 fully saturated rings. The van der Waals surface area contributed by atoms with Crippen molar-refractivity contribution in [3.05, 3.63) is 27.8 Å². The number of hydrogen-bond donors (Lipinski definition) is 1. The van der Waals surface area contributed by atoms with Gasteiger partial charge in [0.1, 0.15) is 0 Å². The molecule has 6 heteroatoms. The van der Waals surface area contributed by atoms with Crippen molar-refractivity contribution in [2.45, 2.75) is 45.6 Å². The highest BCUT2D eigenvalue weighted by Gasteiger charge is 2.14. The number of aryl methyl sites for hydroxylation is 2. The first-order chi connectivity index (χ1) is 8.42. The van der Waals surface area contributed by atoms with E-state index in [0.29, 0.717) is 24.6 Å². The Morgan fingerprint density at radius 2 is 2.17 bits per heavy atom. The summed E-state index contributed by atoms with van der Waals surface area (Å²) in [4.78, 5) is 8.73. The van der Waals surface area contributed by atoms with E-state index in [4.69, 9.17) is 10.3 Å². The summed E-state index contributed by atoms with van der Waals surface area (Å²) < 4.78 is 5.20. The van der Waals surface area contributed by atoms with Crippen molar-refractivity contribution >= 4 is 11.3 Å². The van der Waals surface area contributed by atoms with Crippen molar-refractivity contribution in [2.24, 2.45) is 5.73 Å². The summed E-state index contributed by atoms with van der Waals surface area (Å²) in [5.74, 6) is 1.33. The van der Waals surface area contributed by atoms with E-state index in [0.717, 1.165) is 17.1 Å². The van der Waals surface area contributed by atoms with Crippen LogP contribution in [0, 0.1) is 6.92 Å². The topological polar surface area (TPSA) is 77.8 Å². The van der Waals surface area contributed by atoms with Crippen LogP contribution in [0.4, 0.5) is 0 Å². The van der Waals surface area contributed by atoms with Gasteiger partial charge in [-0.25, -0.2) is 4.98 Å². The van der Waals surface area contributed by atoms with Gasteiger partial charge < -0.3 is 10.3 Å². The minimum atomic E-state index is -0.208. The Morgan fingerprint density at radius 3 is 2.78 bits per heavy atom. The van der Waals surface area contributed by atoms with E-state index in [2.05, 4.69) is 15.1 Å². The summed E-state index contributed by atoms with van der Waals surface area (Å²) in [6.07, 6.45) is 2.16. The first-order valence-electron chi connectivity index (χ1n) is 5.94. The summed E-state index contributed by atoms with van der Waals surface area (Å²) >= 11 is 1.63. The summed E-state index contributed by atoms with van der Waals surface area (Å²) in [6, 6.07) is 0. The number of aromatic nitrogens is 3. The highest BCUT2D eigenvalue weighted by Crippen LogP contribution is 2.13. The van der Waals surface area contributed by atoms with Crippen LogP contribution in [-0.2, 0) is 12.8 Å². The molecule has 5 nitrogen and oxygen atoms in total. The molecule has 0 atom stereocenters. The predicted octanol–water partition coefficient (Wildman–Crippen LogP) is 2.10. The molecule has 0 aliphatic rings. The smallest absolute Gasteiger partial charge is 0.226 e. The molecule has 0 radical (unpaired) electrons. The molecule has 0 saturated heterocycles. The third kappa shape index (κ3) is 3.89. The maximum absolute atomic E-state index is 5.92. The molecule has 18 heavy (non-hydrogen) atoms. The van der Waals surface area contributed by atoms with E-state index in [1.54, 1.807) is 11.3 Å². The lowest BCUT2D eigenvalue weighted by Gasteiger charge is -2.16. The van der Waals surface area contributed by atoms with Gasteiger partial charge in [-0.2, -0.15) is 4.98 Å². The van der Waals surface area contributed by atoms with Crippen molar-refractivity contribution < 1.29 is 4.52 Å². The number of nitrogens with two attached hydrogens (primary N) is 1. The quantitative estimate of drug-likeness (QED) is 0.896. The fraction of sp³-hybridized carbons (Fsp3) is 0.583. The van der Waals surface area contributed by atoms with Crippen LogP contribution in [0.15, 0.2) is 9.90 Å². The molecule has 2 N–H and O–H groups in total. The molecular weight excluding hydrogens is 248 g/mol. The van der Waals surface area contributed by atoms with Crippen molar-refractivity contribution in [1.82, 2.24) is 15.1 Å². The Labute approximate surface area is 110 Å². The van der Waals surface area contributed by atoms with Crippen LogP contribution in [0.3, 0.4) is 0 Å². The maximum atomic E-state index is 5.92. The summed E-state index contributed by atoms with van der Waals surface area (Å²) in [5, 5.41) is 7.04. The lowest BCUT2D eigenvalue weighted by atomic mass is 10.0. The zero-order chi connectivity index (χ0) is 13.2. The zero-order valence-electron chi connectivity index (χ0n) is 10.9. The van der Waals surface area contributed by atoms with E-state index in [9.17, 15) is 0 Å². The first kappa shape index (κ1) is 13.2. The zero-order valence-corrected chi connectivity index (χ0v) is 11.8. The summed E-state index contributed by atoms with van der Waals surface area (Å²) in [6.45, 7) is 5.96. The van der Waals surface area contributed by atoms with Crippen LogP contribution < -0.4 is 5.73 Å². The highest BCUT2D eigenvalue weighted by molar-refractivity contribution is 7.09. The standard InChI is InChI=1S/C12H18N4OS/c1-8-14-9(7-18-8)6-10-15-11(17-16-10)4-5-12(2,3)13/h7H,4-6,13H2,1-3H3. The monoisotopic (exact) mass is 266 g/mol. The van der Waals surface area contributed by atoms with Crippen LogP contribution in [0.1, 0.15) is 42.7 Å². The van der Waals surface area contributed by atoms with Crippen molar-refractivity contribution in [1.29, 1.82) is 0 Å². The van der Waals surface area contributed by atoms with Gasteiger partial charge in [-0.05, 0) is 27.2 Å². The van der Waals surface area contributed by atoms with E-state index in [-0.39, 0.29) is 5.54 Å². The molecule has 0 bridgehead atoms. The second-order valence-corrected chi connectivity index (χ2v) is 6.19. The Kier molecular flexibility index (Phi) is 3.77. The van der Waals surface area contributed by atoms with Gasteiger partial charge in [-0.1, -0.05) is 5.16 Å². The van der Waals surface area contributed by atoms with Crippen molar-refractivity contribution in [2.75, 3.05) is 0 Å². The molecule has 2 heterocycles. The largest absolute Gasteiger partial charge is 0.339 e. The minimum Gasteiger partial charge on any atom is -0.339 e. The molecule has 2 rings (SSSR count). The van der Waals surface area contributed by atoms with Crippen LogP contribution in [0.25, 0.3) is 0 Å². The van der Waals surface area contributed by atoms with Crippen LogP contribution in [0.2, 0.25) is 0 Å². The Bertz CT molecular complexity index is 512. The fourth-order valence-corrected chi connectivity index (χ4v) is 2.16. The van der Waals surface area contributed by atoms with Gasteiger partial charge in [0, 0.05) is 17.3 Å². The lowest BCUT2D eigenvalue weighted by Crippen LogP contribution is -2.32. The van der Waals surface area contributed by atoms with Gasteiger partial charge in [-0.3, -0.25) is 0 Å². The maximum Gasteiger partial charge on any atom is 0.226 e. The van der Waals surface area contributed by atoms with Gasteiger partial charge in [0.2, 0.25) is 5.89 Å². The van der Waals surface area contributed by atoms with E-state index in [1.807, 2.05) is 26.2 Å². The molecule has 0 spiro atoms. The highest BCUT2D eigenvalue weighted by atomic mass is 32.1. The average Bonchev–Trinajstić information content (AvgIpc) is 2.85. The Morgan fingerprint density at radius 1 is 1.39 bits per heavy atom. The van der Waals surface area contributed by atoms with Gasteiger partial charge >= 0.3 is 0 Å². The fourth-order valence-electron chi connectivity index (χ4n) is 1.54. The third-order valence-electron chi connectivity index (χ3n) is 2.50. The van der Waals surface area contributed by atoms with Crippen molar-refractivity contribution in [3.8, 4) is 0 Å². The Hall–Kier alpha value is -1.27. The number of thiazole rings is 1. The van der Waals surface area contributed by atoms with E-state index >= 15 is 0 Å². The molecule has 0 unspecified atom stereocenters. The van der Waals surface area contributed by atoms with E-state index in [1.165, 1.54) is 0 Å². The minimum absolute atomic E-state index is 0.208. The van der Waals surface area contributed by atoms with Crippen LogP contribution >= 0.6 is 11.3 Å². The molecule has 98 valence electrons. The molecule has 0 amide bonds. The molecule has 0 aliphatic carbocycles. The van der Waals surface area contributed by atoms with Gasteiger partial charge in [-0.15, -0.1) is 11.3 Å². The van der Waals surface area contributed by atoms with Crippen LogP contribution in [0.5, 0.6) is 0 Å². The molecule has 2 aromatic rings. The summed E-state index contributed by atoms with van der Waals surface area (Å²) in [7, 11) is 0. The number of nitrogens with zero attached hydrogens (tertiary/aromatic N) is 3. The van der Waals surface area contributed by atoms with Crippen LogP contribution in [-0.4, -0.2) is 20.7 Å². The second-order valence-electron chi connectivity index (χ2n) is 5.13. The number of hydrogen-bond acceptors (Lipinski definition) is 6. The first-order valence-corrected chi connectivity index (χ1v) is 6.82. The Balaban J connectivity index is 1.94. The van der Waals surface area contributed by atoms with Crippen molar-refractivity contribution in [3.63, 3.8) is 0 Å². The van der Waals surface area contributed by atoms with E-state index < -0.39 is 0 Å². The van der Waals surface area contributed by atoms with Gasteiger partial charge in [0.05, 0.1) is 17.1 Å². The second kappa shape index (κ2) is 5.16.